The number of carboxylic acids is 1. The number of carboxylic acid groups (broad SMARTS) is 1. The second-order valence-electron chi connectivity index (χ2n) is 7.87. The molecule has 1 aromatic heterocycles. The number of rotatable bonds is 7. The van der Waals surface area contributed by atoms with E-state index in [4.69, 9.17) is 21.1 Å². The number of aliphatic hydroxyl groups excluding tert-OH is 3. The third-order valence-corrected chi connectivity index (χ3v) is 5.80. The van der Waals surface area contributed by atoms with Crippen molar-refractivity contribution in [2.45, 2.75) is 37.3 Å². The average molecular weight is 487 g/mol. The smallest absolute Gasteiger partial charge is 0.251 e. The van der Waals surface area contributed by atoms with Gasteiger partial charge in [0, 0.05) is 5.02 Å². The number of benzene rings is 2. The standard InChI is InChI=1S/C24H23ClN2O7/c1-14(17-7-2-3-8-18(17)33-12-15-5-4-6-16(25)11-15)26-9-10-27(13-26)23-21(30)19(28)20(29)22(34-23)24(31)32/h2-11,13,19-23,28-30H,1,12H2/t19-,20-,21+,22-,23+/m0/s1. The molecule has 0 aliphatic carbocycles. The predicted octanol–water partition coefficient (Wildman–Crippen LogP) is 0.257. The Bertz CT molecular complexity index is 1200. The van der Waals surface area contributed by atoms with Crippen LogP contribution in [0.3, 0.4) is 0 Å². The van der Waals surface area contributed by atoms with Crippen molar-refractivity contribution in [3.8, 4) is 5.75 Å². The highest BCUT2D eigenvalue weighted by molar-refractivity contribution is 6.30. The van der Waals surface area contributed by atoms with Gasteiger partial charge in [-0.2, -0.15) is 0 Å². The van der Waals surface area contributed by atoms with Crippen LogP contribution in [0.25, 0.3) is 5.70 Å². The van der Waals surface area contributed by atoms with Crippen LogP contribution in [0, 0.1) is 0 Å². The largest absolute Gasteiger partial charge is 0.547 e. The van der Waals surface area contributed by atoms with Gasteiger partial charge in [-0.3, -0.25) is 0 Å². The molecule has 0 radical (unpaired) electrons. The van der Waals surface area contributed by atoms with Gasteiger partial charge < -0.3 is 34.7 Å². The van der Waals surface area contributed by atoms with E-state index >= 15 is 0 Å². The van der Waals surface area contributed by atoms with E-state index in [1.165, 1.54) is 17.1 Å². The minimum absolute atomic E-state index is 0.295. The van der Waals surface area contributed by atoms with Gasteiger partial charge >= 0.3 is 0 Å². The topological polar surface area (TPSA) is 128 Å². The van der Waals surface area contributed by atoms with Crippen molar-refractivity contribution < 1.29 is 39.3 Å². The number of nitrogens with zero attached hydrogens (tertiary/aromatic N) is 2. The Balaban J connectivity index is 1.54. The van der Waals surface area contributed by atoms with Crippen molar-refractivity contribution in [1.82, 2.24) is 4.57 Å². The van der Waals surface area contributed by atoms with Gasteiger partial charge in [0.2, 0.25) is 6.23 Å². The second-order valence-corrected chi connectivity index (χ2v) is 8.30. The van der Waals surface area contributed by atoms with Crippen LogP contribution in [0.2, 0.25) is 5.02 Å². The zero-order valence-corrected chi connectivity index (χ0v) is 18.7. The number of hydrogen-bond donors (Lipinski definition) is 3. The number of aliphatic hydroxyl groups is 3. The summed E-state index contributed by atoms with van der Waals surface area (Å²) in [4.78, 5) is 11.3. The van der Waals surface area contributed by atoms with Crippen LogP contribution in [0.1, 0.15) is 17.4 Å². The van der Waals surface area contributed by atoms with Crippen molar-refractivity contribution in [1.29, 1.82) is 0 Å². The molecule has 0 amide bonds. The Hall–Kier alpha value is -3.21. The number of carbonyl (C=O) groups is 1. The number of imidazole rings is 1. The molecular weight excluding hydrogens is 464 g/mol. The van der Waals surface area contributed by atoms with E-state index < -0.39 is 36.6 Å². The lowest BCUT2D eigenvalue weighted by molar-refractivity contribution is -0.776. The minimum Gasteiger partial charge on any atom is -0.547 e. The third kappa shape index (κ3) is 4.84. The van der Waals surface area contributed by atoms with Crippen molar-refractivity contribution in [2.24, 2.45) is 0 Å². The van der Waals surface area contributed by atoms with E-state index in [1.54, 1.807) is 22.9 Å². The lowest BCUT2D eigenvalue weighted by atomic mass is 9.98. The summed E-state index contributed by atoms with van der Waals surface area (Å²) < 4.78 is 14.3. The zero-order valence-electron chi connectivity index (χ0n) is 17.9. The van der Waals surface area contributed by atoms with E-state index in [2.05, 4.69) is 6.58 Å². The third-order valence-electron chi connectivity index (χ3n) is 5.56. The van der Waals surface area contributed by atoms with Crippen molar-refractivity contribution in [2.75, 3.05) is 0 Å². The molecular formula is C24H23ClN2O7. The average Bonchev–Trinajstić information content (AvgIpc) is 3.31. The van der Waals surface area contributed by atoms with Crippen LogP contribution < -0.4 is 14.4 Å². The minimum atomic E-state index is -1.82. The number of ether oxygens (including phenoxy) is 2. The number of aromatic nitrogens is 2. The van der Waals surface area contributed by atoms with Gasteiger partial charge in [-0.1, -0.05) is 42.4 Å². The molecule has 4 rings (SSSR count). The summed E-state index contributed by atoms with van der Waals surface area (Å²) in [5.41, 5.74) is 2.13. The monoisotopic (exact) mass is 486 g/mol. The number of hydrogen-bond acceptors (Lipinski definition) is 7. The lowest BCUT2D eigenvalue weighted by Gasteiger charge is -2.39. The highest BCUT2D eigenvalue weighted by Crippen LogP contribution is 2.28. The summed E-state index contributed by atoms with van der Waals surface area (Å²) in [5.74, 6) is -1.11. The summed E-state index contributed by atoms with van der Waals surface area (Å²) in [6.07, 6.45) is -3.55. The summed E-state index contributed by atoms with van der Waals surface area (Å²) in [5, 5.41) is 42.1. The van der Waals surface area contributed by atoms with Gasteiger partial charge in [-0.05, 0) is 29.8 Å². The van der Waals surface area contributed by atoms with E-state index in [0.29, 0.717) is 28.6 Å². The van der Waals surface area contributed by atoms with E-state index in [-0.39, 0.29) is 0 Å². The van der Waals surface area contributed by atoms with Gasteiger partial charge in [0.05, 0.1) is 11.5 Å². The fourth-order valence-electron chi connectivity index (χ4n) is 3.74. The molecule has 0 saturated carbocycles. The van der Waals surface area contributed by atoms with Gasteiger partial charge in [0.1, 0.15) is 54.9 Å². The maximum Gasteiger partial charge on any atom is 0.251 e. The number of halogens is 1. The van der Waals surface area contributed by atoms with Crippen LogP contribution >= 0.6 is 11.6 Å². The van der Waals surface area contributed by atoms with Crippen LogP contribution in [-0.4, -0.2) is 50.3 Å². The Morgan fingerprint density at radius 1 is 1.15 bits per heavy atom. The highest BCUT2D eigenvalue weighted by Gasteiger charge is 2.47. The molecule has 2 heterocycles. The Kier molecular flexibility index (Phi) is 7.01. The highest BCUT2D eigenvalue weighted by atomic mass is 35.5. The van der Waals surface area contributed by atoms with E-state index in [0.717, 1.165) is 5.56 Å². The molecule has 0 unspecified atom stereocenters. The van der Waals surface area contributed by atoms with Crippen molar-refractivity contribution >= 4 is 23.3 Å². The van der Waals surface area contributed by atoms with Crippen molar-refractivity contribution in [3.63, 3.8) is 0 Å². The molecule has 34 heavy (non-hydrogen) atoms. The van der Waals surface area contributed by atoms with Gasteiger partial charge in [0.15, 0.2) is 0 Å². The molecule has 0 spiro atoms. The molecule has 1 saturated heterocycles. The molecule has 5 atom stereocenters. The van der Waals surface area contributed by atoms with Crippen LogP contribution in [-0.2, 0) is 16.1 Å². The normalized spacial score (nSPS) is 24.5. The Labute approximate surface area is 200 Å². The zero-order chi connectivity index (χ0) is 24.4. The first-order valence-electron chi connectivity index (χ1n) is 10.4. The van der Waals surface area contributed by atoms with E-state index in [1.807, 2.05) is 36.4 Å². The van der Waals surface area contributed by atoms with E-state index in [9.17, 15) is 25.2 Å². The Morgan fingerprint density at radius 2 is 1.91 bits per heavy atom. The fourth-order valence-corrected chi connectivity index (χ4v) is 3.95. The van der Waals surface area contributed by atoms with Crippen LogP contribution in [0.15, 0.2) is 73.8 Å². The fraction of sp³-hybridized carbons (Fsp3) is 0.250. The first-order valence-corrected chi connectivity index (χ1v) is 10.8. The molecule has 0 bridgehead atoms. The SMILES string of the molecule is C=C(c1ccccc1OCc1cccc(Cl)c1)n1cc[n+]([C@@H]2O[C@H](C(=O)[O-])[C@@H](O)[C@H](O)[C@H]2O)c1. The maximum absolute atomic E-state index is 11.3. The molecule has 1 aliphatic heterocycles. The van der Waals surface area contributed by atoms with Crippen LogP contribution in [0.4, 0.5) is 0 Å². The summed E-state index contributed by atoms with van der Waals surface area (Å²) in [6, 6.07) is 14.6. The molecule has 1 fully saturated rings. The predicted molar refractivity (Wildman–Crippen MR) is 118 cm³/mol. The first-order chi connectivity index (χ1) is 16.3. The number of carbonyl (C=O) groups excluding carboxylic acids is 1. The van der Waals surface area contributed by atoms with Gasteiger partial charge in [-0.15, -0.1) is 0 Å². The maximum atomic E-state index is 11.3. The summed E-state index contributed by atoms with van der Waals surface area (Å²) in [6.45, 7) is 4.42. The molecule has 2 aromatic carbocycles. The molecule has 1 aliphatic rings. The number of aliphatic carboxylic acids is 1. The van der Waals surface area contributed by atoms with Crippen LogP contribution in [0.5, 0.6) is 5.75 Å². The molecule has 3 aromatic rings. The lowest BCUT2D eigenvalue weighted by Crippen LogP contribution is -2.64. The summed E-state index contributed by atoms with van der Waals surface area (Å²) in [7, 11) is 0. The van der Waals surface area contributed by atoms with Gasteiger partial charge in [0.25, 0.3) is 6.33 Å². The Morgan fingerprint density at radius 3 is 2.65 bits per heavy atom. The molecule has 9 nitrogen and oxygen atoms in total. The van der Waals surface area contributed by atoms with Crippen molar-refractivity contribution in [3.05, 3.63) is 90.0 Å². The molecule has 3 N–H and O–H groups in total. The quantitative estimate of drug-likeness (QED) is 0.408. The number of para-hydroxylation sites is 1. The van der Waals surface area contributed by atoms with Gasteiger partial charge in [-0.25, -0.2) is 9.13 Å². The molecule has 10 heteroatoms. The molecule has 178 valence electrons. The second kappa shape index (κ2) is 9.96. The summed E-state index contributed by atoms with van der Waals surface area (Å²) >= 11 is 6.04. The first kappa shape index (κ1) is 23.9.